The summed E-state index contributed by atoms with van der Waals surface area (Å²) >= 11 is 0. The van der Waals surface area contributed by atoms with Gasteiger partial charge in [0, 0.05) is 24.7 Å². The van der Waals surface area contributed by atoms with Gasteiger partial charge in [-0.05, 0) is 31.4 Å². The number of aryl methyl sites for hydroxylation is 1. The van der Waals surface area contributed by atoms with Gasteiger partial charge in [0.25, 0.3) is 5.91 Å². The van der Waals surface area contributed by atoms with E-state index in [9.17, 15) is 19.2 Å². The summed E-state index contributed by atoms with van der Waals surface area (Å²) in [6.45, 7) is 5.36. The monoisotopic (exact) mass is 389 g/mol. The summed E-state index contributed by atoms with van der Waals surface area (Å²) in [6.07, 6.45) is 1.53. The Morgan fingerprint density at radius 1 is 1.25 bits per heavy atom. The lowest BCUT2D eigenvalue weighted by molar-refractivity contribution is -0.152. The van der Waals surface area contributed by atoms with Crippen LogP contribution in [0.3, 0.4) is 0 Å². The van der Waals surface area contributed by atoms with Crippen LogP contribution in [-0.2, 0) is 25.5 Å². The number of urea groups is 1. The Balaban J connectivity index is 1.86. The lowest BCUT2D eigenvalue weighted by Gasteiger charge is -2.19. The quantitative estimate of drug-likeness (QED) is 0.692. The van der Waals surface area contributed by atoms with Crippen LogP contribution < -0.4 is 15.5 Å². The smallest absolute Gasteiger partial charge is 0.321 e. The normalized spacial score (nSPS) is 17.2. The molecule has 8 nitrogen and oxygen atoms in total. The molecule has 28 heavy (non-hydrogen) atoms. The fourth-order valence-electron chi connectivity index (χ4n) is 2.95. The van der Waals surface area contributed by atoms with E-state index in [1.165, 1.54) is 0 Å². The van der Waals surface area contributed by atoms with Gasteiger partial charge in [0.05, 0.1) is 5.92 Å². The molecule has 1 aromatic rings. The lowest BCUT2D eigenvalue weighted by atomic mass is 10.1. The van der Waals surface area contributed by atoms with Gasteiger partial charge in [0.1, 0.15) is 0 Å². The molecule has 2 rings (SSSR count). The van der Waals surface area contributed by atoms with E-state index in [-0.39, 0.29) is 24.9 Å². The Hall–Kier alpha value is -2.90. The van der Waals surface area contributed by atoms with Gasteiger partial charge in [-0.2, -0.15) is 0 Å². The molecule has 0 unspecified atom stereocenters. The van der Waals surface area contributed by atoms with Crippen LogP contribution in [0.1, 0.15) is 39.2 Å². The molecular weight excluding hydrogens is 362 g/mol. The predicted octanol–water partition coefficient (Wildman–Crippen LogP) is 1.77. The SMILES string of the molecule is CCc1ccccc1N1C[C@H](C(=O)OCC(=O)NC(=O)N[C@H](C)CC)CC1=O. The van der Waals surface area contributed by atoms with Crippen molar-refractivity contribution < 1.29 is 23.9 Å². The first-order valence-electron chi connectivity index (χ1n) is 9.50. The molecule has 0 spiro atoms. The summed E-state index contributed by atoms with van der Waals surface area (Å²) in [5.74, 6) is -2.13. The molecule has 1 aliphatic heterocycles. The number of carbonyl (C=O) groups is 4. The molecule has 1 heterocycles. The van der Waals surface area contributed by atoms with Gasteiger partial charge >= 0.3 is 12.0 Å². The number of carbonyl (C=O) groups excluding carboxylic acids is 4. The number of benzene rings is 1. The lowest BCUT2D eigenvalue weighted by Crippen LogP contribution is -2.44. The van der Waals surface area contributed by atoms with Crippen molar-refractivity contribution in [3.05, 3.63) is 29.8 Å². The zero-order valence-corrected chi connectivity index (χ0v) is 16.5. The zero-order chi connectivity index (χ0) is 20.7. The molecular formula is C20H27N3O5. The second-order valence-electron chi connectivity index (χ2n) is 6.83. The first-order valence-corrected chi connectivity index (χ1v) is 9.50. The number of amides is 4. The molecule has 0 radical (unpaired) electrons. The van der Waals surface area contributed by atoms with Crippen LogP contribution in [0, 0.1) is 5.92 Å². The van der Waals surface area contributed by atoms with Gasteiger partial charge in [-0.1, -0.05) is 32.0 Å². The van der Waals surface area contributed by atoms with Crippen molar-refractivity contribution in [3.63, 3.8) is 0 Å². The van der Waals surface area contributed by atoms with Gasteiger partial charge in [-0.3, -0.25) is 19.7 Å². The molecule has 4 amide bonds. The molecule has 1 fully saturated rings. The standard InChI is InChI=1S/C20H27N3O5/c1-4-13(3)21-20(27)22-17(24)12-28-19(26)15-10-18(25)23(11-15)16-9-7-6-8-14(16)5-2/h6-9,13,15H,4-5,10-12H2,1-3H3,(H2,21,22,24,27)/t13-,15-/m1/s1. The summed E-state index contributed by atoms with van der Waals surface area (Å²) in [7, 11) is 0. The average Bonchev–Trinajstić information content (AvgIpc) is 3.07. The number of imide groups is 1. The molecule has 0 bridgehead atoms. The summed E-state index contributed by atoms with van der Waals surface area (Å²) < 4.78 is 5.00. The highest BCUT2D eigenvalue weighted by Crippen LogP contribution is 2.29. The molecule has 2 N–H and O–H groups in total. The van der Waals surface area contributed by atoms with Crippen LogP contribution in [0.25, 0.3) is 0 Å². The summed E-state index contributed by atoms with van der Waals surface area (Å²) in [5, 5.41) is 4.69. The molecule has 0 aromatic heterocycles. The Kier molecular flexibility index (Phi) is 7.54. The van der Waals surface area contributed by atoms with Crippen molar-refractivity contribution in [1.29, 1.82) is 0 Å². The van der Waals surface area contributed by atoms with Gasteiger partial charge in [0.2, 0.25) is 5.91 Å². The predicted molar refractivity (Wildman–Crippen MR) is 104 cm³/mol. The highest BCUT2D eigenvalue weighted by molar-refractivity contribution is 6.00. The molecule has 1 aliphatic rings. The number of para-hydroxylation sites is 1. The van der Waals surface area contributed by atoms with Crippen molar-refractivity contribution in [2.24, 2.45) is 5.92 Å². The summed E-state index contributed by atoms with van der Waals surface area (Å²) in [4.78, 5) is 49.5. The molecule has 0 saturated carbocycles. The van der Waals surface area contributed by atoms with E-state index < -0.39 is 30.4 Å². The third kappa shape index (κ3) is 5.55. The molecule has 0 aliphatic carbocycles. The number of anilines is 1. The van der Waals surface area contributed by atoms with Crippen LogP contribution >= 0.6 is 0 Å². The fraction of sp³-hybridized carbons (Fsp3) is 0.500. The van der Waals surface area contributed by atoms with Crippen LogP contribution in [0.5, 0.6) is 0 Å². The first-order chi connectivity index (χ1) is 13.3. The van der Waals surface area contributed by atoms with Crippen molar-refractivity contribution in [2.45, 2.75) is 46.1 Å². The van der Waals surface area contributed by atoms with Crippen molar-refractivity contribution in [1.82, 2.24) is 10.6 Å². The fourth-order valence-corrected chi connectivity index (χ4v) is 2.95. The van der Waals surface area contributed by atoms with Crippen LogP contribution in [-0.4, -0.2) is 43.0 Å². The Bertz CT molecular complexity index is 749. The third-order valence-corrected chi connectivity index (χ3v) is 4.71. The van der Waals surface area contributed by atoms with Gasteiger partial charge in [0.15, 0.2) is 6.61 Å². The molecule has 152 valence electrons. The molecule has 2 atom stereocenters. The van der Waals surface area contributed by atoms with E-state index in [4.69, 9.17) is 4.74 Å². The summed E-state index contributed by atoms with van der Waals surface area (Å²) in [6, 6.07) is 6.86. The molecule has 8 heteroatoms. The minimum absolute atomic E-state index is 0.0347. The third-order valence-electron chi connectivity index (χ3n) is 4.71. The van der Waals surface area contributed by atoms with Crippen molar-refractivity contribution in [2.75, 3.05) is 18.1 Å². The van der Waals surface area contributed by atoms with E-state index in [1.807, 2.05) is 45.0 Å². The van der Waals surface area contributed by atoms with Gasteiger partial charge in [-0.25, -0.2) is 4.79 Å². The first kappa shape index (κ1) is 21.4. The van der Waals surface area contributed by atoms with Crippen LogP contribution in [0.15, 0.2) is 24.3 Å². The van der Waals surface area contributed by atoms with Crippen molar-refractivity contribution in [3.8, 4) is 0 Å². The van der Waals surface area contributed by atoms with Crippen molar-refractivity contribution >= 4 is 29.5 Å². The van der Waals surface area contributed by atoms with Crippen LogP contribution in [0.2, 0.25) is 0 Å². The highest BCUT2D eigenvalue weighted by Gasteiger charge is 2.37. The van der Waals surface area contributed by atoms with E-state index in [2.05, 4.69) is 10.6 Å². The Labute approximate surface area is 164 Å². The Morgan fingerprint density at radius 3 is 2.64 bits per heavy atom. The minimum Gasteiger partial charge on any atom is -0.455 e. The zero-order valence-electron chi connectivity index (χ0n) is 16.5. The number of rotatable bonds is 7. The highest BCUT2D eigenvalue weighted by atomic mass is 16.5. The number of hydrogen-bond donors (Lipinski definition) is 2. The van der Waals surface area contributed by atoms with E-state index in [1.54, 1.807) is 4.90 Å². The molecule has 1 aromatic carbocycles. The topological polar surface area (TPSA) is 105 Å². The maximum atomic E-state index is 12.4. The summed E-state index contributed by atoms with van der Waals surface area (Å²) in [5.41, 5.74) is 1.82. The van der Waals surface area contributed by atoms with Crippen LogP contribution in [0.4, 0.5) is 10.5 Å². The minimum atomic E-state index is -0.716. The molecule has 1 saturated heterocycles. The number of hydrogen-bond acceptors (Lipinski definition) is 5. The largest absolute Gasteiger partial charge is 0.455 e. The second-order valence-corrected chi connectivity index (χ2v) is 6.83. The second kappa shape index (κ2) is 9.87. The van der Waals surface area contributed by atoms with E-state index >= 15 is 0 Å². The van der Waals surface area contributed by atoms with Gasteiger partial charge in [-0.15, -0.1) is 0 Å². The Morgan fingerprint density at radius 2 is 1.96 bits per heavy atom. The van der Waals surface area contributed by atoms with Gasteiger partial charge < -0.3 is 15.0 Å². The number of nitrogens with zero attached hydrogens (tertiary/aromatic N) is 1. The number of nitrogens with one attached hydrogen (secondary N) is 2. The number of ether oxygens (including phenoxy) is 1. The maximum Gasteiger partial charge on any atom is 0.321 e. The maximum absolute atomic E-state index is 12.4. The average molecular weight is 389 g/mol. The van der Waals surface area contributed by atoms with E-state index in [0.29, 0.717) is 0 Å². The van der Waals surface area contributed by atoms with E-state index in [0.717, 1.165) is 24.1 Å². The number of esters is 1.